The Bertz CT molecular complexity index is 507. The Labute approximate surface area is 128 Å². The minimum absolute atomic E-state index is 0.137. The molecular weight excluding hydrogens is 359 g/mol. The van der Waals surface area contributed by atoms with Gasteiger partial charge >= 0.3 is 0 Å². The van der Waals surface area contributed by atoms with E-state index in [2.05, 4.69) is 21.2 Å². The van der Waals surface area contributed by atoms with E-state index in [0.29, 0.717) is 4.47 Å². The first-order valence-electron chi connectivity index (χ1n) is 5.21. The second kappa shape index (κ2) is 6.54. The van der Waals surface area contributed by atoms with Gasteiger partial charge in [-0.3, -0.25) is 14.9 Å². The molecule has 0 aliphatic heterocycles. The van der Waals surface area contributed by atoms with Crippen LogP contribution in [0.2, 0.25) is 0 Å². The number of benzene rings is 1. The molecule has 104 valence electrons. The highest BCUT2D eigenvalue weighted by atomic mass is 79.9. The molecule has 0 saturated heterocycles. The quantitative estimate of drug-likeness (QED) is 0.491. The van der Waals surface area contributed by atoms with Gasteiger partial charge in [0.15, 0.2) is 0 Å². The molecular formula is C11H11BrCl2N2O3. The molecule has 0 atom stereocenters. The van der Waals surface area contributed by atoms with E-state index in [1.807, 2.05) is 0 Å². The summed E-state index contributed by atoms with van der Waals surface area (Å²) < 4.78 is 0.449. The number of nitrogens with zero attached hydrogens (tertiary/aromatic N) is 1. The number of hydrogen-bond acceptors (Lipinski definition) is 3. The first kappa shape index (κ1) is 16.2. The molecule has 0 bridgehead atoms. The number of nitrogens with one attached hydrogen (secondary N) is 1. The molecule has 0 aromatic heterocycles. The van der Waals surface area contributed by atoms with Crippen LogP contribution in [0, 0.1) is 10.1 Å². The number of amides is 1. The Hall–Kier alpha value is -0.850. The molecule has 1 N–H and O–H groups in total. The second-order valence-electron chi connectivity index (χ2n) is 4.24. The molecule has 1 aromatic carbocycles. The van der Waals surface area contributed by atoms with Gasteiger partial charge in [-0.05, 0) is 13.0 Å². The van der Waals surface area contributed by atoms with E-state index >= 15 is 0 Å². The molecule has 0 spiro atoms. The number of carbonyl (C=O) groups is 1. The minimum Gasteiger partial charge on any atom is -0.344 e. The van der Waals surface area contributed by atoms with Crippen molar-refractivity contribution >= 4 is 50.7 Å². The van der Waals surface area contributed by atoms with E-state index in [9.17, 15) is 14.9 Å². The van der Waals surface area contributed by atoms with Crippen LogP contribution in [0.1, 0.15) is 17.3 Å². The number of alkyl halides is 2. The fourth-order valence-electron chi connectivity index (χ4n) is 1.26. The molecule has 5 nitrogen and oxygen atoms in total. The Morgan fingerprint density at radius 3 is 2.47 bits per heavy atom. The Morgan fingerprint density at radius 1 is 1.42 bits per heavy atom. The molecule has 1 rings (SSSR count). The number of hydrogen-bond donors (Lipinski definition) is 1. The van der Waals surface area contributed by atoms with Crippen molar-refractivity contribution in [3.8, 4) is 0 Å². The SMILES string of the molecule is CC(CCl)(CCl)NC(=O)c1cc(Br)cc([N+](=O)[O-])c1. The summed E-state index contributed by atoms with van der Waals surface area (Å²) in [6, 6.07) is 4.01. The topological polar surface area (TPSA) is 72.2 Å². The molecule has 0 aliphatic rings. The Kier molecular flexibility index (Phi) is 5.58. The second-order valence-corrected chi connectivity index (χ2v) is 5.69. The van der Waals surface area contributed by atoms with E-state index in [1.165, 1.54) is 18.2 Å². The first-order valence-corrected chi connectivity index (χ1v) is 7.07. The van der Waals surface area contributed by atoms with Crippen molar-refractivity contribution < 1.29 is 9.72 Å². The fourth-order valence-corrected chi connectivity index (χ4v) is 2.16. The highest BCUT2D eigenvalue weighted by Crippen LogP contribution is 2.22. The lowest BCUT2D eigenvalue weighted by Gasteiger charge is -2.25. The van der Waals surface area contributed by atoms with Gasteiger partial charge in [-0.1, -0.05) is 15.9 Å². The highest BCUT2D eigenvalue weighted by Gasteiger charge is 2.25. The van der Waals surface area contributed by atoms with Crippen LogP contribution in [0.25, 0.3) is 0 Å². The van der Waals surface area contributed by atoms with Crippen LogP contribution in [0.4, 0.5) is 5.69 Å². The summed E-state index contributed by atoms with van der Waals surface area (Å²) in [4.78, 5) is 22.2. The van der Waals surface area contributed by atoms with E-state index < -0.39 is 16.4 Å². The molecule has 0 heterocycles. The van der Waals surface area contributed by atoms with Gasteiger partial charge in [0.1, 0.15) is 0 Å². The van der Waals surface area contributed by atoms with Crippen molar-refractivity contribution in [3.63, 3.8) is 0 Å². The number of nitro benzene ring substituents is 1. The molecule has 19 heavy (non-hydrogen) atoms. The summed E-state index contributed by atoms with van der Waals surface area (Å²) in [5.41, 5.74) is -0.766. The van der Waals surface area contributed by atoms with Gasteiger partial charge in [-0.15, -0.1) is 23.2 Å². The maximum Gasteiger partial charge on any atom is 0.271 e. The van der Waals surface area contributed by atoms with Gasteiger partial charge in [0.2, 0.25) is 0 Å². The predicted molar refractivity (Wildman–Crippen MR) is 78.1 cm³/mol. The van der Waals surface area contributed by atoms with Crippen molar-refractivity contribution in [2.45, 2.75) is 12.5 Å². The standard InChI is InChI=1S/C11H11BrCl2N2O3/c1-11(5-13,6-14)15-10(17)7-2-8(12)4-9(3-7)16(18)19/h2-4H,5-6H2,1H3,(H,15,17). The number of nitro groups is 1. The van der Waals surface area contributed by atoms with Crippen LogP contribution in [0.3, 0.4) is 0 Å². The zero-order chi connectivity index (χ0) is 14.6. The molecule has 8 heteroatoms. The van der Waals surface area contributed by atoms with Gasteiger partial charge in [0, 0.05) is 33.9 Å². The van der Waals surface area contributed by atoms with E-state index in [4.69, 9.17) is 23.2 Å². The molecule has 0 saturated carbocycles. The summed E-state index contributed by atoms with van der Waals surface area (Å²) >= 11 is 14.6. The lowest BCUT2D eigenvalue weighted by molar-refractivity contribution is -0.385. The largest absolute Gasteiger partial charge is 0.344 e. The number of non-ortho nitro benzene ring substituents is 1. The van der Waals surface area contributed by atoms with Gasteiger partial charge in [-0.25, -0.2) is 0 Å². The van der Waals surface area contributed by atoms with E-state index in [-0.39, 0.29) is 23.0 Å². The summed E-state index contributed by atoms with van der Waals surface area (Å²) in [7, 11) is 0. The third-order valence-electron chi connectivity index (χ3n) is 2.36. The van der Waals surface area contributed by atoms with Crippen molar-refractivity contribution in [1.82, 2.24) is 5.32 Å². The van der Waals surface area contributed by atoms with Gasteiger partial charge < -0.3 is 5.32 Å². The predicted octanol–water partition coefficient (Wildman–Crippen LogP) is 3.32. The Balaban J connectivity index is 3.03. The maximum atomic E-state index is 12.0. The summed E-state index contributed by atoms with van der Waals surface area (Å²) in [6.07, 6.45) is 0. The van der Waals surface area contributed by atoms with Crippen molar-refractivity contribution in [1.29, 1.82) is 0 Å². The van der Waals surface area contributed by atoms with E-state index in [1.54, 1.807) is 6.92 Å². The molecule has 1 aromatic rings. The molecule has 0 fully saturated rings. The molecule has 0 aliphatic carbocycles. The number of rotatable bonds is 5. The van der Waals surface area contributed by atoms with Crippen LogP contribution < -0.4 is 5.32 Å². The fraction of sp³-hybridized carbons (Fsp3) is 0.364. The zero-order valence-electron chi connectivity index (χ0n) is 9.95. The van der Waals surface area contributed by atoms with Crippen LogP contribution in [-0.4, -0.2) is 28.1 Å². The third kappa shape index (κ3) is 4.33. The van der Waals surface area contributed by atoms with E-state index in [0.717, 1.165) is 0 Å². The molecule has 0 radical (unpaired) electrons. The first-order chi connectivity index (χ1) is 8.81. The Morgan fingerprint density at radius 2 is 2.00 bits per heavy atom. The van der Waals surface area contributed by atoms with Crippen molar-refractivity contribution in [2.75, 3.05) is 11.8 Å². The summed E-state index contributed by atoms with van der Waals surface area (Å²) in [6.45, 7) is 1.69. The van der Waals surface area contributed by atoms with Crippen LogP contribution in [0.5, 0.6) is 0 Å². The number of carbonyl (C=O) groups excluding carboxylic acids is 1. The summed E-state index contributed by atoms with van der Waals surface area (Å²) in [5.74, 6) is -0.190. The minimum atomic E-state index is -0.767. The zero-order valence-corrected chi connectivity index (χ0v) is 13.0. The monoisotopic (exact) mass is 368 g/mol. The van der Waals surface area contributed by atoms with Crippen LogP contribution in [0.15, 0.2) is 22.7 Å². The third-order valence-corrected chi connectivity index (χ3v) is 4.00. The maximum absolute atomic E-state index is 12.0. The lowest BCUT2D eigenvalue weighted by atomic mass is 10.1. The average molecular weight is 370 g/mol. The lowest BCUT2D eigenvalue weighted by Crippen LogP contribution is -2.49. The normalized spacial score (nSPS) is 11.2. The van der Waals surface area contributed by atoms with Crippen molar-refractivity contribution in [3.05, 3.63) is 38.3 Å². The molecule has 1 amide bonds. The average Bonchev–Trinajstić information content (AvgIpc) is 2.37. The van der Waals surface area contributed by atoms with Gasteiger partial charge in [0.25, 0.3) is 11.6 Å². The van der Waals surface area contributed by atoms with Crippen LogP contribution >= 0.6 is 39.1 Å². The smallest absolute Gasteiger partial charge is 0.271 e. The van der Waals surface area contributed by atoms with Crippen LogP contribution in [-0.2, 0) is 0 Å². The van der Waals surface area contributed by atoms with Gasteiger partial charge in [-0.2, -0.15) is 0 Å². The number of halogens is 3. The molecule has 0 unspecified atom stereocenters. The summed E-state index contributed by atoms with van der Waals surface area (Å²) in [5, 5.41) is 13.4. The van der Waals surface area contributed by atoms with Gasteiger partial charge in [0.05, 0.1) is 10.5 Å². The van der Waals surface area contributed by atoms with Crippen molar-refractivity contribution in [2.24, 2.45) is 0 Å². The highest BCUT2D eigenvalue weighted by molar-refractivity contribution is 9.10.